The minimum absolute atomic E-state index is 0.118. The first kappa shape index (κ1) is 14.3. The maximum atomic E-state index is 5.52. The lowest BCUT2D eigenvalue weighted by atomic mass is 9.94. The van der Waals surface area contributed by atoms with E-state index >= 15 is 0 Å². The second-order valence-corrected chi connectivity index (χ2v) is 6.03. The third-order valence-electron chi connectivity index (χ3n) is 4.38. The van der Waals surface area contributed by atoms with Gasteiger partial charge in [0.25, 0.3) is 0 Å². The van der Waals surface area contributed by atoms with E-state index < -0.39 is 0 Å². The van der Waals surface area contributed by atoms with Gasteiger partial charge < -0.3 is 9.73 Å². The molecule has 3 rings (SSSR count). The van der Waals surface area contributed by atoms with E-state index in [9.17, 15) is 0 Å². The summed E-state index contributed by atoms with van der Waals surface area (Å²) in [6, 6.07) is 11.4. The van der Waals surface area contributed by atoms with Gasteiger partial charge in [-0.05, 0) is 37.7 Å². The van der Waals surface area contributed by atoms with Crippen molar-refractivity contribution in [2.24, 2.45) is 5.92 Å². The van der Waals surface area contributed by atoms with Crippen LogP contribution >= 0.6 is 0 Å². The summed E-state index contributed by atoms with van der Waals surface area (Å²) in [6.07, 6.45) is 4.97. The van der Waals surface area contributed by atoms with Crippen LogP contribution in [0.15, 0.2) is 34.7 Å². The van der Waals surface area contributed by atoms with Gasteiger partial charge in [0.2, 0.25) is 11.8 Å². The molecular weight excluding hydrogens is 262 g/mol. The molecule has 2 aromatic rings. The third kappa shape index (κ3) is 3.50. The average Bonchev–Trinajstić information content (AvgIpc) is 3.10. The molecule has 1 N–H and O–H groups in total. The van der Waals surface area contributed by atoms with E-state index in [0.717, 1.165) is 6.42 Å². The van der Waals surface area contributed by atoms with Crippen molar-refractivity contribution in [3.05, 3.63) is 47.7 Å². The van der Waals surface area contributed by atoms with Crippen LogP contribution in [0.2, 0.25) is 0 Å². The van der Waals surface area contributed by atoms with Gasteiger partial charge in [-0.3, -0.25) is 0 Å². The van der Waals surface area contributed by atoms with Crippen LogP contribution in [0.25, 0.3) is 0 Å². The molecule has 1 fully saturated rings. The van der Waals surface area contributed by atoms with Crippen LogP contribution in [0, 0.1) is 12.8 Å². The summed E-state index contributed by atoms with van der Waals surface area (Å²) in [5.74, 6) is 2.02. The number of aryl methyl sites for hydroxylation is 1. The Balaban J connectivity index is 1.61. The molecule has 0 amide bonds. The summed E-state index contributed by atoms with van der Waals surface area (Å²) in [6.45, 7) is 3.93. The highest BCUT2D eigenvalue weighted by Gasteiger charge is 2.29. The Bertz CT molecular complexity index is 566. The van der Waals surface area contributed by atoms with Gasteiger partial charge in [0.05, 0.1) is 6.04 Å². The van der Waals surface area contributed by atoms with Gasteiger partial charge in [0, 0.05) is 13.0 Å². The molecule has 1 aliphatic carbocycles. The molecule has 0 bridgehead atoms. The number of rotatable bonds is 5. The molecule has 1 aliphatic rings. The minimum Gasteiger partial charge on any atom is -0.424 e. The Kier molecular flexibility index (Phi) is 4.34. The molecule has 1 heterocycles. The SMILES string of the molecule is Cc1nnc(C(C)NC2CCCC2Cc2ccccc2)o1. The summed E-state index contributed by atoms with van der Waals surface area (Å²) in [5.41, 5.74) is 1.43. The lowest BCUT2D eigenvalue weighted by Gasteiger charge is -2.23. The summed E-state index contributed by atoms with van der Waals surface area (Å²) in [4.78, 5) is 0. The van der Waals surface area contributed by atoms with Crippen LogP contribution in [-0.2, 0) is 6.42 Å². The van der Waals surface area contributed by atoms with Crippen molar-refractivity contribution in [1.82, 2.24) is 15.5 Å². The topological polar surface area (TPSA) is 51.0 Å². The molecule has 112 valence electrons. The van der Waals surface area contributed by atoms with E-state index in [4.69, 9.17) is 4.42 Å². The van der Waals surface area contributed by atoms with Crippen molar-refractivity contribution in [2.75, 3.05) is 0 Å². The van der Waals surface area contributed by atoms with Crippen LogP contribution in [0.5, 0.6) is 0 Å². The number of nitrogens with one attached hydrogen (secondary N) is 1. The fourth-order valence-corrected chi connectivity index (χ4v) is 3.30. The largest absolute Gasteiger partial charge is 0.424 e. The highest BCUT2D eigenvalue weighted by Crippen LogP contribution is 2.30. The molecule has 3 unspecified atom stereocenters. The van der Waals surface area contributed by atoms with Crippen LogP contribution in [0.3, 0.4) is 0 Å². The Labute approximate surface area is 126 Å². The monoisotopic (exact) mass is 285 g/mol. The number of hydrogen-bond donors (Lipinski definition) is 1. The number of hydrogen-bond acceptors (Lipinski definition) is 4. The van der Waals surface area contributed by atoms with Crippen molar-refractivity contribution in [3.8, 4) is 0 Å². The van der Waals surface area contributed by atoms with E-state index in [1.54, 1.807) is 0 Å². The first-order valence-corrected chi connectivity index (χ1v) is 7.82. The quantitative estimate of drug-likeness (QED) is 0.914. The van der Waals surface area contributed by atoms with Gasteiger partial charge >= 0.3 is 0 Å². The second-order valence-electron chi connectivity index (χ2n) is 6.03. The predicted molar refractivity (Wildman–Crippen MR) is 81.9 cm³/mol. The minimum atomic E-state index is 0.118. The summed E-state index contributed by atoms with van der Waals surface area (Å²) in [7, 11) is 0. The molecule has 4 nitrogen and oxygen atoms in total. The molecule has 3 atom stereocenters. The Hall–Kier alpha value is -1.68. The van der Waals surface area contributed by atoms with Gasteiger partial charge in [0.15, 0.2) is 0 Å². The predicted octanol–water partition coefficient (Wildman–Crippen LogP) is 3.44. The standard InChI is InChI=1S/C17H23N3O/c1-12(17-20-19-13(2)21-17)18-16-10-6-9-15(16)11-14-7-4-3-5-8-14/h3-5,7-8,12,15-16,18H,6,9-11H2,1-2H3. The van der Waals surface area contributed by atoms with Crippen LogP contribution in [-0.4, -0.2) is 16.2 Å². The molecule has 0 radical (unpaired) electrons. The van der Waals surface area contributed by atoms with E-state index in [-0.39, 0.29) is 6.04 Å². The molecule has 1 saturated carbocycles. The van der Waals surface area contributed by atoms with E-state index in [2.05, 4.69) is 52.8 Å². The van der Waals surface area contributed by atoms with Crippen molar-refractivity contribution >= 4 is 0 Å². The van der Waals surface area contributed by atoms with E-state index in [1.807, 2.05) is 6.92 Å². The zero-order valence-corrected chi connectivity index (χ0v) is 12.7. The highest BCUT2D eigenvalue weighted by atomic mass is 16.4. The van der Waals surface area contributed by atoms with Crippen molar-refractivity contribution in [3.63, 3.8) is 0 Å². The lowest BCUT2D eigenvalue weighted by Crippen LogP contribution is -2.35. The molecule has 4 heteroatoms. The van der Waals surface area contributed by atoms with Gasteiger partial charge in [-0.2, -0.15) is 0 Å². The maximum absolute atomic E-state index is 5.52. The maximum Gasteiger partial charge on any atom is 0.233 e. The zero-order chi connectivity index (χ0) is 14.7. The van der Waals surface area contributed by atoms with Crippen LogP contribution in [0.4, 0.5) is 0 Å². The zero-order valence-electron chi connectivity index (χ0n) is 12.7. The molecule has 1 aromatic heterocycles. The van der Waals surface area contributed by atoms with Crippen molar-refractivity contribution in [1.29, 1.82) is 0 Å². The van der Waals surface area contributed by atoms with Crippen molar-refractivity contribution in [2.45, 2.75) is 51.6 Å². The Morgan fingerprint density at radius 3 is 2.76 bits per heavy atom. The first-order chi connectivity index (χ1) is 10.2. The average molecular weight is 285 g/mol. The Morgan fingerprint density at radius 1 is 1.24 bits per heavy atom. The van der Waals surface area contributed by atoms with Gasteiger partial charge in [0.1, 0.15) is 0 Å². The lowest BCUT2D eigenvalue weighted by molar-refractivity contribution is 0.326. The fourth-order valence-electron chi connectivity index (χ4n) is 3.30. The van der Waals surface area contributed by atoms with Crippen LogP contribution < -0.4 is 5.32 Å². The summed E-state index contributed by atoms with van der Waals surface area (Å²) >= 11 is 0. The Morgan fingerprint density at radius 2 is 2.05 bits per heavy atom. The third-order valence-corrected chi connectivity index (χ3v) is 4.38. The molecule has 0 saturated heterocycles. The molecule has 21 heavy (non-hydrogen) atoms. The van der Waals surface area contributed by atoms with Crippen molar-refractivity contribution < 1.29 is 4.42 Å². The number of nitrogens with zero attached hydrogens (tertiary/aromatic N) is 2. The molecule has 0 spiro atoms. The normalized spacial score (nSPS) is 23.3. The smallest absolute Gasteiger partial charge is 0.233 e. The number of benzene rings is 1. The van der Waals surface area contributed by atoms with Gasteiger partial charge in [-0.25, -0.2) is 0 Å². The van der Waals surface area contributed by atoms with E-state index in [0.29, 0.717) is 23.7 Å². The van der Waals surface area contributed by atoms with Gasteiger partial charge in [-0.15, -0.1) is 10.2 Å². The number of aromatic nitrogens is 2. The second kappa shape index (κ2) is 6.39. The summed E-state index contributed by atoms with van der Waals surface area (Å²) < 4.78 is 5.52. The van der Waals surface area contributed by atoms with Crippen LogP contribution in [0.1, 0.15) is 49.6 Å². The van der Waals surface area contributed by atoms with Gasteiger partial charge in [-0.1, -0.05) is 36.8 Å². The first-order valence-electron chi connectivity index (χ1n) is 7.82. The molecule has 1 aromatic carbocycles. The molecular formula is C17H23N3O. The molecule has 0 aliphatic heterocycles. The summed E-state index contributed by atoms with van der Waals surface area (Å²) in [5, 5.41) is 11.7. The van der Waals surface area contributed by atoms with E-state index in [1.165, 1.54) is 24.8 Å². The highest BCUT2D eigenvalue weighted by molar-refractivity contribution is 5.16. The fraction of sp³-hybridized carbons (Fsp3) is 0.529.